The Morgan fingerprint density at radius 2 is 1.91 bits per heavy atom. The Morgan fingerprint density at radius 1 is 1.17 bits per heavy atom. The first kappa shape index (κ1) is 15.1. The number of ketones is 1. The molecule has 3 rings (SSSR count). The molecule has 0 saturated carbocycles. The van der Waals surface area contributed by atoms with Crippen molar-refractivity contribution in [1.29, 1.82) is 0 Å². The van der Waals surface area contributed by atoms with E-state index in [-0.39, 0.29) is 29.2 Å². The number of nitrogen functional groups attached to an aromatic ring is 1. The summed E-state index contributed by atoms with van der Waals surface area (Å²) in [5.41, 5.74) is 6.57. The standard InChI is InChI=1S/C17H18N4O2/c18-16-15(19-8-9-20-16)17(23)21-10-4-7-13(21)11-14(22)12-5-2-1-3-6-12/h1-3,5-6,8-9,13H,4,7,10-11H2,(H2,18,20)/t13-/m0/s1. The normalized spacial score (nSPS) is 17.2. The largest absolute Gasteiger partial charge is 0.382 e. The van der Waals surface area contributed by atoms with Crippen LogP contribution in [-0.2, 0) is 0 Å². The van der Waals surface area contributed by atoms with Crippen molar-refractivity contribution in [1.82, 2.24) is 14.9 Å². The number of hydrogen-bond acceptors (Lipinski definition) is 5. The highest BCUT2D eigenvalue weighted by atomic mass is 16.2. The predicted molar refractivity (Wildman–Crippen MR) is 85.9 cm³/mol. The van der Waals surface area contributed by atoms with Gasteiger partial charge < -0.3 is 10.6 Å². The Labute approximate surface area is 134 Å². The summed E-state index contributed by atoms with van der Waals surface area (Å²) < 4.78 is 0. The average Bonchev–Trinajstić information content (AvgIpc) is 3.03. The van der Waals surface area contributed by atoms with Gasteiger partial charge in [-0.05, 0) is 12.8 Å². The second-order valence-corrected chi connectivity index (χ2v) is 5.58. The Hall–Kier alpha value is -2.76. The maximum absolute atomic E-state index is 12.6. The molecule has 2 heterocycles. The van der Waals surface area contributed by atoms with E-state index in [0.717, 1.165) is 12.8 Å². The van der Waals surface area contributed by atoms with E-state index in [1.807, 2.05) is 18.2 Å². The van der Waals surface area contributed by atoms with Gasteiger partial charge in [-0.25, -0.2) is 9.97 Å². The molecule has 0 aliphatic carbocycles. The second kappa shape index (κ2) is 6.56. The van der Waals surface area contributed by atoms with Crippen molar-refractivity contribution in [2.75, 3.05) is 12.3 Å². The molecule has 1 aromatic carbocycles. The van der Waals surface area contributed by atoms with Gasteiger partial charge in [0.2, 0.25) is 0 Å². The number of aromatic nitrogens is 2. The van der Waals surface area contributed by atoms with Gasteiger partial charge in [0.25, 0.3) is 5.91 Å². The molecule has 2 aromatic rings. The smallest absolute Gasteiger partial charge is 0.276 e. The molecule has 0 spiro atoms. The van der Waals surface area contributed by atoms with E-state index < -0.39 is 0 Å². The molecule has 1 atom stereocenters. The number of nitrogens with zero attached hydrogens (tertiary/aromatic N) is 3. The first-order valence-electron chi connectivity index (χ1n) is 7.62. The van der Waals surface area contributed by atoms with Crippen LogP contribution in [0.2, 0.25) is 0 Å². The van der Waals surface area contributed by atoms with Crippen molar-refractivity contribution in [3.8, 4) is 0 Å². The van der Waals surface area contributed by atoms with E-state index >= 15 is 0 Å². The third-order valence-corrected chi connectivity index (χ3v) is 4.08. The van der Waals surface area contributed by atoms with E-state index in [0.29, 0.717) is 18.5 Å². The van der Waals surface area contributed by atoms with Gasteiger partial charge in [0.05, 0.1) is 0 Å². The fourth-order valence-electron chi connectivity index (χ4n) is 2.92. The topological polar surface area (TPSA) is 89.2 Å². The lowest BCUT2D eigenvalue weighted by Gasteiger charge is -2.24. The van der Waals surface area contributed by atoms with Crippen LogP contribution in [0.5, 0.6) is 0 Å². The van der Waals surface area contributed by atoms with Crippen molar-refractivity contribution in [3.05, 3.63) is 54.0 Å². The highest BCUT2D eigenvalue weighted by Gasteiger charge is 2.32. The minimum atomic E-state index is -0.251. The molecule has 118 valence electrons. The fraction of sp³-hybridized carbons (Fsp3) is 0.294. The lowest BCUT2D eigenvalue weighted by atomic mass is 10.0. The lowest BCUT2D eigenvalue weighted by Crippen LogP contribution is -2.37. The van der Waals surface area contributed by atoms with Crippen LogP contribution in [0.3, 0.4) is 0 Å². The molecule has 0 radical (unpaired) electrons. The Morgan fingerprint density at radius 3 is 2.65 bits per heavy atom. The number of carbonyl (C=O) groups excluding carboxylic acids is 2. The molecule has 6 nitrogen and oxygen atoms in total. The number of anilines is 1. The van der Waals surface area contributed by atoms with Gasteiger partial charge in [0.15, 0.2) is 17.3 Å². The van der Waals surface area contributed by atoms with Crippen molar-refractivity contribution < 1.29 is 9.59 Å². The van der Waals surface area contributed by atoms with E-state index in [4.69, 9.17) is 5.73 Å². The summed E-state index contributed by atoms with van der Waals surface area (Å²) >= 11 is 0. The SMILES string of the molecule is Nc1nccnc1C(=O)N1CCC[C@H]1CC(=O)c1ccccc1. The first-order chi connectivity index (χ1) is 11.2. The van der Waals surface area contributed by atoms with Gasteiger partial charge >= 0.3 is 0 Å². The molecule has 1 aliphatic rings. The summed E-state index contributed by atoms with van der Waals surface area (Å²) in [4.78, 5) is 34.6. The van der Waals surface area contributed by atoms with E-state index in [1.54, 1.807) is 17.0 Å². The number of amides is 1. The zero-order valence-corrected chi connectivity index (χ0v) is 12.7. The number of carbonyl (C=O) groups is 2. The van der Waals surface area contributed by atoms with Crippen LogP contribution in [0.25, 0.3) is 0 Å². The minimum Gasteiger partial charge on any atom is -0.382 e. The van der Waals surface area contributed by atoms with Crippen molar-refractivity contribution in [2.24, 2.45) is 0 Å². The predicted octanol–water partition coefficient (Wildman–Crippen LogP) is 1.94. The number of rotatable bonds is 4. The second-order valence-electron chi connectivity index (χ2n) is 5.58. The highest BCUT2D eigenvalue weighted by molar-refractivity contribution is 5.99. The summed E-state index contributed by atoms with van der Waals surface area (Å²) in [7, 11) is 0. The fourth-order valence-corrected chi connectivity index (χ4v) is 2.92. The number of likely N-dealkylation sites (tertiary alicyclic amines) is 1. The van der Waals surface area contributed by atoms with Crippen LogP contribution in [0.1, 0.15) is 40.1 Å². The third-order valence-electron chi connectivity index (χ3n) is 4.08. The maximum Gasteiger partial charge on any atom is 0.276 e. The van der Waals surface area contributed by atoms with Crippen LogP contribution in [0.15, 0.2) is 42.7 Å². The van der Waals surface area contributed by atoms with Gasteiger partial charge in [-0.2, -0.15) is 0 Å². The number of Topliss-reactive ketones (excluding diaryl/α,β-unsaturated/α-hetero) is 1. The molecule has 6 heteroatoms. The summed E-state index contributed by atoms with van der Waals surface area (Å²) in [6.07, 6.45) is 4.90. The van der Waals surface area contributed by atoms with Crippen molar-refractivity contribution >= 4 is 17.5 Å². The Balaban J connectivity index is 1.74. The minimum absolute atomic E-state index is 0.0439. The van der Waals surface area contributed by atoms with Crippen LogP contribution in [0, 0.1) is 0 Å². The average molecular weight is 310 g/mol. The molecule has 0 unspecified atom stereocenters. The number of hydrogen-bond donors (Lipinski definition) is 1. The molecular weight excluding hydrogens is 292 g/mol. The molecule has 23 heavy (non-hydrogen) atoms. The van der Waals surface area contributed by atoms with Crippen LogP contribution >= 0.6 is 0 Å². The van der Waals surface area contributed by atoms with Crippen molar-refractivity contribution in [2.45, 2.75) is 25.3 Å². The lowest BCUT2D eigenvalue weighted by molar-refractivity contribution is 0.0712. The zero-order valence-electron chi connectivity index (χ0n) is 12.7. The van der Waals surface area contributed by atoms with Gasteiger partial charge in [-0.1, -0.05) is 30.3 Å². The number of nitrogens with two attached hydrogens (primary N) is 1. The summed E-state index contributed by atoms with van der Waals surface area (Å²) in [6.45, 7) is 0.613. The molecule has 1 saturated heterocycles. The Kier molecular flexibility index (Phi) is 4.32. The molecular formula is C17H18N4O2. The van der Waals surface area contributed by atoms with E-state index in [9.17, 15) is 9.59 Å². The van der Waals surface area contributed by atoms with Crippen LogP contribution in [0.4, 0.5) is 5.82 Å². The summed E-state index contributed by atoms with van der Waals surface area (Å²) in [5.74, 6) is -0.0843. The zero-order chi connectivity index (χ0) is 16.2. The third kappa shape index (κ3) is 3.21. The van der Waals surface area contributed by atoms with Gasteiger partial charge in [-0.3, -0.25) is 9.59 Å². The van der Waals surface area contributed by atoms with Crippen LogP contribution in [-0.4, -0.2) is 39.1 Å². The summed E-state index contributed by atoms with van der Waals surface area (Å²) in [6, 6.07) is 9.03. The molecule has 2 N–H and O–H groups in total. The van der Waals surface area contributed by atoms with Crippen molar-refractivity contribution in [3.63, 3.8) is 0 Å². The van der Waals surface area contributed by atoms with Gasteiger partial charge in [0.1, 0.15) is 0 Å². The molecule has 1 aliphatic heterocycles. The van der Waals surface area contributed by atoms with E-state index in [1.165, 1.54) is 12.4 Å². The monoisotopic (exact) mass is 310 g/mol. The number of benzene rings is 1. The molecule has 1 aromatic heterocycles. The molecule has 1 amide bonds. The highest BCUT2D eigenvalue weighted by Crippen LogP contribution is 2.24. The quantitative estimate of drug-likeness (QED) is 0.872. The summed E-state index contributed by atoms with van der Waals surface area (Å²) in [5, 5.41) is 0. The Bertz CT molecular complexity index is 718. The van der Waals surface area contributed by atoms with Gasteiger partial charge in [0, 0.05) is 37.0 Å². The van der Waals surface area contributed by atoms with Gasteiger partial charge in [-0.15, -0.1) is 0 Å². The van der Waals surface area contributed by atoms with E-state index in [2.05, 4.69) is 9.97 Å². The molecule has 1 fully saturated rings. The van der Waals surface area contributed by atoms with Crippen LogP contribution < -0.4 is 5.73 Å². The molecule has 0 bridgehead atoms. The maximum atomic E-state index is 12.6. The first-order valence-corrected chi connectivity index (χ1v) is 7.62.